The first kappa shape index (κ1) is 15.6. The summed E-state index contributed by atoms with van der Waals surface area (Å²) in [5.41, 5.74) is 1.35. The molecule has 0 saturated carbocycles. The number of hydrogen-bond donors (Lipinski definition) is 2. The van der Waals surface area contributed by atoms with Gasteiger partial charge in [-0.1, -0.05) is 30.3 Å². The number of fused-ring (bicyclic) bond motifs is 1. The highest BCUT2D eigenvalue weighted by Gasteiger charge is 2.31. The van der Waals surface area contributed by atoms with Crippen molar-refractivity contribution in [3.63, 3.8) is 0 Å². The smallest absolute Gasteiger partial charge is 0.170 e. The number of aliphatic hydroxyl groups is 1. The molecule has 2 aromatic carbocycles. The van der Waals surface area contributed by atoms with Gasteiger partial charge in [0.15, 0.2) is 5.78 Å². The number of ketones is 1. The maximum absolute atomic E-state index is 13.2. The van der Waals surface area contributed by atoms with Crippen molar-refractivity contribution < 1.29 is 19.0 Å². The van der Waals surface area contributed by atoms with Gasteiger partial charge in [0.25, 0.3) is 0 Å². The van der Waals surface area contributed by atoms with Crippen LogP contribution in [0.2, 0.25) is 0 Å². The predicted molar refractivity (Wildman–Crippen MR) is 83.9 cm³/mol. The summed E-state index contributed by atoms with van der Waals surface area (Å²) in [4.78, 5) is 12.1. The van der Waals surface area contributed by atoms with Gasteiger partial charge in [-0.3, -0.25) is 4.79 Å². The first-order valence-electron chi connectivity index (χ1n) is 7.55. The van der Waals surface area contributed by atoms with Crippen LogP contribution in [0.5, 0.6) is 5.75 Å². The largest absolute Gasteiger partial charge is 0.486 e. The molecule has 2 aromatic rings. The Balaban J connectivity index is 1.57. The van der Waals surface area contributed by atoms with E-state index in [1.165, 1.54) is 18.2 Å². The predicted octanol–water partition coefficient (Wildman–Crippen LogP) is 2.31. The highest BCUT2D eigenvalue weighted by molar-refractivity contribution is 5.99. The molecule has 0 bridgehead atoms. The summed E-state index contributed by atoms with van der Waals surface area (Å²) in [6, 6.07) is 13.7. The van der Waals surface area contributed by atoms with Crippen molar-refractivity contribution in [1.29, 1.82) is 0 Å². The van der Waals surface area contributed by atoms with Crippen LogP contribution >= 0.6 is 0 Å². The normalized spacial score (nSPS) is 18.2. The minimum Gasteiger partial charge on any atom is -0.486 e. The van der Waals surface area contributed by atoms with Gasteiger partial charge in [0.2, 0.25) is 0 Å². The molecule has 23 heavy (non-hydrogen) atoms. The van der Waals surface area contributed by atoms with Crippen molar-refractivity contribution in [1.82, 2.24) is 5.32 Å². The third kappa shape index (κ3) is 3.75. The fourth-order valence-corrected chi connectivity index (χ4v) is 2.63. The van der Waals surface area contributed by atoms with E-state index in [2.05, 4.69) is 5.32 Å². The Bertz CT molecular complexity index is 690. The van der Waals surface area contributed by atoms with E-state index in [9.17, 15) is 14.3 Å². The second-order valence-corrected chi connectivity index (χ2v) is 5.61. The molecule has 1 aliphatic rings. The van der Waals surface area contributed by atoms with Crippen LogP contribution in [0.15, 0.2) is 48.5 Å². The topological polar surface area (TPSA) is 58.6 Å². The van der Waals surface area contributed by atoms with E-state index in [0.29, 0.717) is 18.8 Å². The second-order valence-electron chi connectivity index (χ2n) is 5.61. The first-order chi connectivity index (χ1) is 11.1. The quantitative estimate of drug-likeness (QED) is 0.889. The number of carbonyl (C=O) groups excluding carboxylic acids is 1. The molecular weight excluding hydrogens is 297 g/mol. The molecule has 1 heterocycles. The van der Waals surface area contributed by atoms with Gasteiger partial charge >= 0.3 is 0 Å². The number of rotatable bonds is 5. The Morgan fingerprint density at radius 1 is 1.26 bits per heavy atom. The molecule has 0 amide bonds. The molecule has 5 heteroatoms. The van der Waals surface area contributed by atoms with Crippen molar-refractivity contribution in [2.24, 2.45) is 0 Å². The monoisotopic (exact) mass is 315 g/mol. The molecule has 2 atom stereocenters. The van der Waals surface area contributed by atoms with Gasteiger partial charge in [-0.05, 0) is 23.8 Å². The second kappa shape index (κ2) is 6.89. The van der Waals surface area contributed by atoms with E-state index in [4.69, 9.17) is 4.74 Å². The summed E-state index contributed by atoms with van der Waals surface area (Å²) >= 11 is 0. The lowest BCUT2D eigenvalue weighted by atomic mass is 9.97. The summed E-state index contributed by atoms with van der Waals surface area (Å²) < 4.78 is 18.8. The molecule has 2 N–H and O–H groups in total. The first-order valence-corrected chi connectivity index (χ1v) is 7.55. The Hall–Kier alpha value is -2.24. The molecule has 120 valence electrons. The van der Waals surface area contributed by atoms with E-state index < -0.39 is 18.0 Å². The van der Waals surface area contributed by atoms with Gasteiger partial charge in [-0.2, -0.15) is 0 Å². The number of nitrogens with one attached hydrogen (secondary N) is 1. The van der Waals surface area contributed by atoms with Crippen LogP contribution in [0.4, 0.5) is 4.39 Å². The van der Waals surface area contributed by atoms with E-state index in [-0.39, 0.29) is 17.8 Å². The molecule has 0 saturated heterocycles. The van der Waals surface area contributed by atoms with Crippen molar-refractivity contribution in [3.05, 3.63) is 65.5 Å². The number of benzene rings is 2. The van der Waals surface area contributed by atoms with Gasteiger partial charge in [0.1, 0.15) is 23.8 Å². The summed E-state index contributed by atoms with van der Waals surface area (Å²) in [6.07, 6.45) is -1.39. The van der Waals surface area contributed by atoms with Crippen LogP contribution in [0.1, 0.15) is 22.3 Å². The molecule has 0 radical (unpaired) electrons. The lowest BCUT2D eigenvalue weighted by Gasteiger charge is -2.29. The van der Waals surface area contributed by atoms with Gasteiger partial charge in [-0.25, -0.2) is 4.39 Å². The van der Waals surface area contributed by atoms with Crippen LogP contribution in [-0.2, 0) is 6.54 Å². The molecular formula is C18H18FNO3. The van der Waals surface area contributed by atoms with E-state index in [1.807, 2.05) is 30.3 Å². The molecule has 1 aliphatic heterocycles. The van der Waals surface area contributed by atoms with Gasteiger partial charge in [0.05, 0.1) is 12.0 Å². The fourth-order valence-electron chi connectivity index (χ4n) is 2.63. The maximum atomic E-state index is 13.2. The Kier molecular flexibility index (Phi) is 4.69. The van der Waals surface area contributed by atoms with Crippen molar-refractivity contribution in [2.45, 2.75) is 25.2 Å². The minimum atomic E-state index is -0.819. The van der Waals surface area contributed by atoms with E-state index in [1.54, 1.807) is 0 Å². The van der Waals surface area contributed by atoms with Crippen molar-refractivity contribution in [3.8, 4) is 5.75 Å². The number of hydrogen-bond acceptors (Lipinski definition) is 4. The number of halogens is 1. The Morgan fingerprint density at radius 3 is 2.83 bits per heavy atom. The lowest BCUT2D eigenvalue weighted by Crippen LogP contribution is -2.42. The third-order valence-electron chi connectivity index (χ3n) is 3.86. The zero-order valence-electron chi connectivity index (χ0n) is 12.5. The van der Waals surface area contributed by atoms with Crippen molar-refractivity contribution >= 4 is 5.78 Å². The lowest BCUT2D eigenvalue weighted by molar-refractivity contribution is 0.0241. The molecule has 0 fully saturated rings. The minimum absolute atomic E-state index is 0.0463. The number of ether oxygens (including phenoxy) is 1. The molecule has 4 nitrogen and oxygen atoms in total. The maximum Gasteiger partial charge on any atom is 0.170 e. The molecule has 0 aliphatic carbocycles. The highest BCUT2D eigenvalue weighted by atomic mass is 19.1. The number of carbonyl (C=O) groups is 1. The average Bonchev–Trinajstić information content (AvgIpc) is 2.56. The van der Waals surface area contributed by atoms with Crippen LogP contribution in [0, 0.1) is 5.82 Å². The summed E-state index contributed by atoms with van der Waals surface area (Å²) in [7, 11) is 0. The van der Waals surface area contributed by atoms with Gasteiger partial charge in [-0.15, -0.1) is 0 Å². The zero-order chi connectivity index (χ0) is 16.2. The Labute approximate surface area is 133 Å². The van der Waals surface area contributed by atoms with Gasteiger partial charge < -0.3 is 15.2 Å². The van der Waals surface area contributed by atoms with E-state index >= 15 is 0 Å². The SMILES string of the molecule is O=C1C[C@@H]([C@@H](O)CNCc2ccccc2)Oc2ccc(F)cc21. The summed E-state index contributed by atoms with van der Waals surface area (Å²) in [5, 5.41) is 13.4. The Morgan fingerprint density at radius 2 is 2.04 bits per heavy atom. The summed E-state index contributed by atoms with van der Waals surface area (Å²) in [5.74, 6) is -0.350. The molecule has 0 spiro atoms. The summed E-state index contributed by atoms with van der Waals surface area (Å²) in [6.45, 7) is 0.934. The number of Topliss-reactive ketones (excluding diaryl/α,β-unsaturated/α-hetero) is 1. The molecule has 0 unspecified atom stereocenters. The number of aliphatic hydroxyl groups excluding tert-OH is 1. The molecule has 0 aromatic heterocycles. The van der Waals surface area contributed by atoms with Crippen LogP contribution < -0.4 is 10.1 Å². The highest BCUT2D eigenvalue weighted by Crippen LogP contribution is 2.29. The third-order valence-corrected chi connectivity index (χ3v) is 3.86. The van der Waals surface area contributed by atoms with E-state index in [0.717, 1.165) is 5.56 Å². The standard InChI is InChI=1S/C18H18FNO3/c19-13-6-7-17-14(8-13)15(21)9-18(23-17)16(22)11-20-10-12-4-2-1-3-5-12/h1-8,16,18,20,22H,9-11H2/t16-,18-/m0/s1. The van der Waals surface area contributed by atoms with Crippen LogP contribution in [0.3, 0.4) is 0 Å². The average molecular weight is 315 g/mol. The van der Waals surface area contributed by atoms with Crippen LogP contribution in [-0.4, -0.2) is 29.6 Å². The van der Waals surface area contributed by atoms with Gasteiger partial charge in [0, 0.05) is 13.1 Å². The molecule has 3 rings (SSSR count). The zero-order valence-corrected chi connectivity index (χ0v) is 12.5. The van der Waals surface area contributed by atoms with Crippen LogP contribution in [0.25, 0.3) is 0 Å². The van der Waals surface area contributed by atoms with Crippen molar-refractivity contribution in [2.75, 3.05) is 6.54 Å². The fraction of sp³-hybridized carbons (Fsp3) is 0.278.